The number of hydrogen-bond acceptors (Lipinski definition) is 4. The third-order valence-electron chi connectivity index (χ3n) is 5.69. The Morgan fingerprint density at radius 1 is 1.07 bits per heavy atom. The van der Waals surface area contributed by atoms with Crippen molar-refractivity contribution in [1.82, 2.24) is 4.90 Å². The molecule has 2 aliphatic rings. The van der Waals surface area contributed by atoms with Crippen molar-refractivity contribution >= 4 is 11.9 Å². The van der Waals surface area contributed by atoms with E-state index in [1.807, 2.05) is 0 Å². The number of nitrogens with two attached hydrogens (primary N) is 1. The largest absolute Gasteiger partial charge is 0.478 e. The number of rotatable bonds is 4. The number of hydrogen-bond donors (Lipinski definition) is 3. The van der Waals surface area contributed by atoms with Gasteiger partial charge in [0.05, 0.1) is 0 Å². The van der Waals surface area contributed by atoms with E-state index in [4.69, 9.17) is 15.9 Å². The maximum atomic E-state index is 9.55. The summed E-state index contributed by atoms with van der Waals surface area (Å²) in [5.41, 5.74) is 12.1. The topological polar surface area (TPSA) is 104 Å². The second kappa shape index (κ2) is 9.24. The zero-order chi connectivity index (χ0) is 21.7. The van der Waals surface area contributed by atoms with Crippen LogP contribution in [0.5, 0.6) is 0 Å². The van der Waals surface area contributed by atoms with Gasteiger partial charge in [0.2, 0.25) is 0 Å². The van der Waals surface area contributed by atoms with Gasteiger partial charge in [-0.2, -0.15) is 0 Å². The monoisotopic (exact) mass is 408 g/mol. The first-order chi connectivity index (χ1) is 14.3. The lowest BCUT2D eigenvalue weighted by atomic mass is 9.85. The van der Waals surface area contributed by atoms with Crippen molar-refractivity contribution in [2.24, 2.45) is 5.73 Å². The molecule has 1 atom stereocenters. The average Bonchev–Trinajstić information content (AvgIpc) is 3.49. The quantitative estimate of drug-likeness (QED) is 0.671. The van der Waals surface area contributed by atoms with E-state index in [9.17, 15) is 9.59 Å². The Labute approximate surface area is 176 Å². The van der Waals surface area contributed by atoms with E-state index in [-0.39, 0.29) is 5.54 Å². The molecule has 6 heteroatoms. The summed E-state index contributed by atoms with van der Waals surface area (Å²) < 4.78 is 0. The van der Waals surface area contributed by atoms with Gasteiger partial charge in [0, 0.05) is 30.2 Å². The molecule has 6 nitrogen and oxygen atoms in total. The number of aliphatic carboxylic acids is 2. The van der Waals surface area contributed by atoms with Crippen molar-refractivity contribution in [3.63, 3.8) is 0 Å². The number of carboxylic acid groups (broad SMARTS) is 2. The molecule has 1 heterocycles. The lowest BCUT2D eigenvalue weighted by molar-refractivity contribution is -0.134. The molecule has 2 aromatic carbocycles. The van der Waals surface area contributed by atoms with Gasteiger partial charge in [0.15, 0.2) is 0 Å². The van der Waals surface area contributed by atoms with Crippen LogP contribution in [0.2, 0.25) is 0 Å². The molecular formula is C24H28N2O4. The van der Waals surface area contributed by atoms with Crippen molar-refractivity contribution in [1.29, 1.82) is 0 Å². The van der Waals surface area contributed by atoms with Gasteiger partial charge in [-0.15, -0.1) is 0 Å². The van der Waals surface area contributed by atoms with Crippen LogP contribution in [0.3, 0.4) is 0 Å². The molecule has 4 N–H and O–H groups in total. The van der Waals surface area contributed by atoms with Crippen LogP contribution >= 0.6 is 0 Å². The van der Waals surface area contributed by atoms with Crippen LogP contribution in [0, 0.1) is 0 Å². The highest BCUT2D eigenvalue weighted by molar-refractivity contribution is 5.89. The summed E-state index contributed by atoms with van der Waals surface area (Å²) in [5.74, 6) is -2.01. The molecule has 4 rings (SSSR count). The highest BCUT2D eigenvalue weighted by atomic mass is 16.4. The van der Waals surface area contributed by atoms with Gasteiger partial charge in [0.25, 0.3) is 0 Å². The summed E-state index contributed by atoms with van der Waals surface area (Å²) in [4.78, 5) is 21.5. The van der Waals surface area contributed by atoms with Gasteiger partial charge in [-0.3, -0.25) is 0 Å². The summed E-state index contributed by atoms with van der Waals surface area (Å²) in [7, 11) is 2.22. The molecule has 1 aliphatic carbocycles. The van der Waals surface area contributed by atoms with Gasteiger partial charge in [0.1, 0.15) is 0 Å². The van der Waals surface area contributed by atoms with Crippen molar-refractivity contribution in [2.45, 2.75) is 37.3 Å². The van der Waals surface area contributed by atoms with Gasteiger partial charge < -0.3 is 20.8 Å². The molecule has 158 valence electrons. The Balaban J connectivity index is 0.000000275. The number of fused-ring (bicyclic) bond motifs is 1. The first-order valence-electron chi connectivity index (χ1n) is 10.1. The zero-order valence-corrected chi connectivity index (χ0v) is 17.1. The maximum Gasteiger partial charge on any atom is 0.328 e. The summed E-state index contributed by atoms with van der Waals surface area (Å²) in [6, 6.07) is 17.9. The van der Waals surface area contributed by atoms with E-state index in [0.29, 0.717) is 18.1 Å². The molecule has 1 aliphatic heterocycles. The van der Waals surface area contributed by atoms with E-state index >= 15 is 0 Å². The fourth-order valence-electron chi connectivity index (χ4n) is 3.86. The summed E-state index contributed by atoms with van der Waals surface area (Å²) in [5, 5.41) is 15.6. The first-order valence-corrected chi connectivity index (χ1v) is 10.1. The number of benzene rings is 2. The van der Waals surface area contributed by atoms with Crippen LogP contribution in [0.25, 0.3) is 0 Å². The fourth-order valence-corrected chi connectivity index (χ4v) is 3.86. The molecular weight excluding hydrogens is 380 g/mol. The molecule has 0 saturated heterocycles. The summed E-state index contributed by atoms with van der Waals surface area (Å²) >= 11 is 0. The third-order valence-corrected chi connectivity index (χ3v) is 5.69. The summed E-state index contributed by atoms with van der Waals surface area (Å²) in [6.07, 6.45) is 4.55. The van der Waals surface area contributed by atoms with Crippen LogP contribution in [-0.2, 0) is 21.7 Å². The second-order valence-corrected chi connectivity index (χ2v) is 8.07. The lowest BCUT2D eigenvalue weighted by Crippen LogP contribution is -2.20. The predicted octanol–water partition coefficient (Wildman–Crippen LogP) is 3.31. The van der Waals surface area contributed by atoms with E-state index < -0.39 is 11.9 Å². The van der Waals surface area contributed by atoms with Gasteiger partial charge in [-0.1, -0.05) is 48.5 Å². The number of nitrogens with zero attached hydrogens (tertiary/aromatic N) is 1. The summed E-state index contributed by atoms with van der Waals surface area (Å²) in [6.45, 7) is 2.17. The molecule has 1 unspecified atom stereocenters. The second-order valence-electron chi connectivity index (χ2n) is 8.07. The minimum atomic E-state index is -1.26. The molecule has 0 amide bonds. The van der Waals surface area contributed by atoms with Crippen LogP contribution in [0.4, 0.5) is 0 Å². The van der Waals surface area contributed by atoms with Gasteiger partial charge >= 0.3 is 11.9 Å². The Morgan fingerprint density at radius 3 is 2.27 bits per heavy atom. The Hall–Kier alpha value is -2.96. The Bertz CT molecular complexity index is 919. The van der Waals surface area contributed by atoms with Crippen LogP contribution in [0.15, 0.2) is 60.7 Å². The molecule has 0 spiro atoms. The Morgan fingerprint density at radius 2 is 1.70 bits per heavy atom. The normalized spacial score (nSPS) is 19.9. The van der Waals surface area contributed by atoms with Crippen LogP contribution in [-0.4, -0.2) is 40.6 Å². The lowest BCUT2D eigenvalue weighted by Gasteiger charge is -2.20. The number of carbonyl (C=O) groups is 2. The van der Waals surface area contributed by atoms with Crippen molar-refractivity contribution < 1.29 is 19.8 Å². The fraction of sp³-hybridized carbons (Fsp3) is 0.333. The van der Waals surface area contributed by atoms with Gasteiger partial charge in [-0.05, 0) is 55.1 Å². The highest BCUT2D eigenvalue weighted by Crippen LogP contribution is 2.44. The third kappa shape index (κ3) is 5.55. The smallest absolute Gasteiger partial charge is 0.328 e. The Kier molecular flexibility index (Phi) is 6.70. The average molecular weight is 408 g/mol. The highest BCUT2D eigenvalue weighted by Gasteiger charge is 2.40. The molecule has 1 saturated carbocycles. The number of carboxylic acids is 2. The molecule has 1 fully saturated rings. The SMILES string of the molecule is CN1CCC(c2ccccc2)c2ccc(C3(N)CC3)cc2C1.O=C(O)/C=C\C(=O)O. The minimum Gasteiger partial charge on any atom is -0.478 e. The van der Waals surface area contributed by atoms with Crippen LogP contribution < -0.4 is 5.73 Å². The van der Waals surface area contributed by atoms with Gasteiger partial charge in [-0.25, -0.2) is 9.59 Å². The molecule has 0 bridgehead atoms. The van der Waals surface area contributed by atoms with Crippen molar-refractivity contribution in [2.75, 3.05) is 13.6 Å². The zero-order valence-electron chi connectivity index (χ0n) is 17.1. The molecule has 30 heavy (non-hydrogen) atoms. The minimum absolute atomic E-state index is 0.0395. The molecule has 0 radical (unpaired) electrons. The first kappa shape index (κ1) is 21.7. The van der Waals surface area contributed by atoms with Crippen LogP contribution in [0.1, 0.15) is 47.4 Å². The molecule has 2 aromatic rings. The van der Waals surface area contributed by atoms with Crippen molar-refractivity contribution in [3.8, 4) is 0 Å². The van der Waals surface area contributed by atoms with E-state index in [0.717, 1.165) is 25.9 Å². The predicted molar refractivity (Wildman–Crippen MR) is 115 cm³/mol. The van der Waals surface area contributed by atoms with Crippen molar-refractivity contribution in [3.05, 3.63) is 82.9 Å². The standard InChI is InChI=1S/C20H24N2.C4H4O4/c1-22-12-9-19(15-5-3-2-4-6-15)18-8-7-17(13-16(18)14-22)20(21)10-11-20;5-3(6)1-2-4(7)8/h2-8,13,19H,9-12,14,21H2,1H3;1-2H,(H,5,6)(H,7,8)/b;2-1-. The molecule has 0 aromatic heterocycles. The van der Waals surface area contributed by atoms with E-state index in [1.54, 1.807) is 0 Å². The van der Waals surface area contributed by atoms with E-state index in [2.05, 4.69) is 60.5 Å². The van der Waals surface area contributed by atoms with E-state index in [1.165, 1.54) is 28.7 Å². The maximum absolute atomic E-state index is 9.55.